The summed E-state index contributed by atoms with van der Waals surface area (Å²) in [6, 6.07) is 3.98. The largest absolute Gasteiger partial charge is 0.506 e. The molecule has 4 atom stereocenters. The van der Waals surface area contributed by atoms with Crippen LogP contribution in [0.4, 0.5) is 5.69 Å². The highest BCUT2D eigenvalue weighted by Crippen LogP contribution is 2.60. The first kappa shape index (κ1) is 19.4. The van der Waals surface area contributed by atoms with Crippen molar-refractivity contribution in [3.63, 3.8) is 0 Å². The molecule has 0 bridgehead atoms. The molecule has 27 heavy (non-hydrogen) atoms. The Morgan fingerprint density at radius 3 is 2.59 bits per heavy atom. The van der Waals surface area contributed by atoms with Crippen molar-refractivity contribution in [3.05, 3.63) is 23.3 Å². The van der Waals surface area contributed by atoms with Crippen LogP contribution >= 0.6 is 23.2 Å². The Hall–Kier alpha value is -0.930. The zero-order valence-electron chi connectivity index (χ0n) is 16.0. The Morgan fingerprint density at radius 2 is 1.89 bits per heavy atom. The number of fused-ring (bicyclic) bond motifs is 5. The first-order valence-corrected chi connectivity index (χ1v) is 11.3. The predicted molar refractivity (Wildman–Crippen MR) is 111 cm³/mol. The van der Waals surface area contributed by atoms with Crippen LogP contribution in [0.5, 0.6) is 5.75 Å². The molecule has 0 spiro atoms. The van der Waals surface area contributed by atoms with E-state index in [0.29, 0.717) is 54.1 Å². The number of halogens is 2. The Bertz CT molecular complexity index is 731. The number of benzene rings is 1. The molecule has 1 N–H and O–H groups in total. The van der Waals surface area contributed by atoms with E-state index in [0.717, 1.165) is 44.2 Å². The highest BCUT2D eigenvalue weighted by molar-refractivity contribution is 6.18. The molecule has 3 aliphatic rings. The van der Waals surface area contributed by atoms with E-state index in [9.17, 15) is 9.90 Å². The maximum Gasteiger partial charge on any atom is 0.139 e. The van der Waals surface area contributed by atoms with Gasteiger partial charge in [-0.25, -0.2) is 0 Å². The van der Waals surface area contributed by atoms with E-state index in [-0.39, 0.29) is 5.41 Å². The minimum absolute atomic E-state index is 0.0955. The number of anilines is 1. The summed E-state index contributed by atoms with van der Waals surface area (Å²) < 4.78 is 0. The maximum atomic E-state index is 12.5. The summed E-state index contributed by atoms with van der Waals surface area (Å²) in [6.07, 6.45) is 5.96. The molecule has 4 rings (SSSR count). The third-order valence-electron chi connectivity index (χ3n) is 7.60. The van der Waals surface area contributed by atoms with E-state index < -0.39 is 0 Å². The van der Waals surface area contributed by atoms with Crippen LogP contribution in [0.1, 0.15) is 56.1 Å². The lowest BCUT2D eigenvalue weighted by molar-refractivity contribution is -0.129. The van der Waals surface area contributed by atoms with Gasteiger partial charge in [0.05, 0.1) is 5.69 Å². The van der Waals surface area contributed by atoms with Gasteiger partial charge in [-0.3, -0.25) is 4.79 Å². The Labute approximate surface area is 172 Å². The van der Waals surface area contributed by atoms with E-state index in [1.54, 1.807) is 0 Å². The van der Waals surface area contributed by atoms with Crippen molar-refractivity contribution < 1.29 is 9.90 Å². The fourth-order valence-electron chi connectivity index (χ4n) is 6.30. The smallest absolute Gasteiger partial charge is 0.139 e. The average molecular weight is 410 g/mol. The Morgan fingerprint density at radius 1 is 1.15 bits per heavy atom. The summed E-state index contributed by atoms with van der Waals surface area (Å²) in [7, 11) is 0. The number of phenolic OH excluding ortho intramolecular Hbond substituents is 1. The average Bonchev–Trinajstić information content (AvgIpc) is 2.96. The van der Waals surface area contributed by atoms with Crippen molar-refractivity contribution in [1.29, 1.82) is 0 Å². The summed E-state index contributed by atoms with van der Waals surface area (Å²) in [4.78, 5) is 14.7. The zero-order valence-corrected chi connectivity index (χ0v) is 17.5. The fraction of sp³-hybridized carbons (Fsp3) is 0.682. The molecular formula is C22H29Cl2NO2. The number of rotatable bonds is 5. The number of nitrogens with zero attached hydrogens (tertiary/aromatic N) is 1. The number of hydrogen-bond acceptors (Lipinski definition) is 3. The first-order valence-electron chi connectivity index (χ1n) is 10.3. The van der Waals surface area contributed by atoms with Crippen LogP contribution in [0.15, 0.2) is 12.1 Å². The summed E-state index contributed by atoms with van der Waals surface area (Å²) in [5.41, 5.74) is 3.50. The van der Waals surface area contributed by atoms with Crippen LogP contribution in [-0.4, -0.2) is 35.7 Å². The maximum absolute atomic E-state index is 12.5. The Kier molecular flexibility index (Phi) is 5.37. The number of Topliss-reactive ketones (excluding diaryl/α,β-unsaturated/α-hetero) is 1. The minimum atomic E-state index is -0.0955. The van der Waals surface area contributed by atoms with Crippen molar-refractivity contribution >= 4 is 34.7 Å². The number of carbonyl (C=O) groups excluding carboxylic acids is 1. The molecule has 0 saturated heterocycles. The van der Waals surface area contributed by atoms with Gasteiger partial charge in [0, 0.05) is 36.7 Å². The van der Waals surface area contributed by atoms with Crippen LogP contribution in [0.2, 0.25) is 0 Å². The van der Waals surface area contributed by atoms with Crippen molar-refractivity contribution in [2.75, 3.05) is 29.7 Å². The lowest BCUT2D eigenvalue weighted by Gasteiger charge is -2.48. The summed E-state index contributed by atoms with van der Waals surface area (Å²) in [5, 5.41) is 10.6. The molecule has 0 heterocycles. The lowest BCUT2D eigenvalue weighted by atomic mass is 9.55. The summed E-state index contributed by atoms with van der Waals surface area (Å²) in [5.74, 6) is 3.46. The van der Waals surface area contributed by atoms with E-state index in [2.05, 4.69) is 17.9 Å². The van der Waals surface area contributed by atoms with Gasteiger partial charge in [-0.2, -0.15) is 0 Å². The van der Waals surface area contributed by atoms with E-state index in [1.807, 2.05) is 6.07 Å². The standard InChI is InChI=1S/C22H29Cl2NO2/c1-22-9-8-15-14-4-6-19(26)21(25(12-10-23)13-11-24)17(14)3-2-16(15)18(22)5-7-20(22)27/h4,6,15-16,18,26H,2-3,5,7-13H2,1H3/t15-,16-,18+,22+/m1/s1. The van der Waals surface area contributed by atoms with Gasteiger partial charge in [0.25, 0.3) is 0 Å². The molecule has 1 aromatic rings. The van der Waals surface area contributed by atoms with Gasteiger partial charge < -0.3 is 10.0 Å². The normalized spacial score (nSPS) is 32.0. The van der Waals surface area contributed by atoms with Gasteiger partial charge in [0.1, 0.15) is 11.5 Å². The van der Waals surface area contributed by atoms with E-state index >= 15 is 0 Å². The van der Waals surface area contributed by atoms with Crippen LogP contribution in [-0.2, 0) is 11.2 Å². The highest BCUT2D eigenvalue weighted by atomic mass is 35.5. The summed E-state index contributed by atoms with van der Waals surface area (Å²) >= 11 is 12.0. The summed E-state index contributed by atoms with van der Waals surface area (Å²) in [6.45, 7) is 3.58. The lowest BCUT2D eigenvalue weighted by Crippen LogP contribution is -2.42. The number of phenols is 1. The molecule has 3 nitrogen and oxygen atoms in total. The Balaban J connectivity index is 1.71. The van der Waals surface area contributed by atoms with Gasteiger partial charge in [-0.05, 0) is 67.1 Å². The first-order chi connectivity index (χ1) is 13.0. The van der Waals surface area contributed by atoms with Gasteiger partial charge in [0.2, 0.25) is 0 Å². The third kappa shape index (κ3) is 3.06. The second-order valence-corrected chi connectivity index (χ2v) is 9.46. The van der Waals surface area contributed by atoms with Crippen molar-refractivity contribution in [1.82, 2.24) is 0 Å². The van der Waals surface area contributed by atoms with Gasteiger partial charge >= 0.3 is 0 Å². The molecule has 148 valence electrons. The van der Waals surface area contributed by atoms with Gasteiger partial charge in [0.15, 0.2) is 0 Å². The molecular weight excluding hydrogens is 381 g/mol. The molecule has 0 amide bonds. The van der Waals surface area contributed by atoms with Crippen molar-refractivity contribution in [3.8, 4) is 5.75 Å². The highest BCUT2D eigenvalue weighted by Gasteiger charge is 2.54. The van der Waals surface area contributed by atoms with E-state index in [1.165, 1.54) is 11.1 Å². The fourth-order valence-corrected chi connectivity index (χ4v) is 6.71. The number of hydrogen-bond donors (Lipinski definition) is 1. The van der Waals surface area contributed by atoms with Crippen LogP contribution in [0, 0.1) is 17.3 Å². The minimum Gasteiger partial charge on any atom is -0.506 e. The second kappa shape index (κ2) is 7.48. The monoisotopic (exact) mass is 409 g/mol. The number of carbonyl (C=O) groups is 1. The molecule has 0 radical (unpaired) electrons. The molecule has 5 heteroatoms. The number of aromatic hydroxyl groups is 1. The SMILES string of the molecule is C[C@]12CC[C@@H]3c4ccc(O)c(N(CCCl)CCCl)c4CC[C@H]3[C@@H]1CCC2=O. The number of ketones is 1. The quantitative estimate of drug-likeness (QED) is 0.687. The van der Waals surface area contributed by atoms with Crippen LogP contribution in [0.25, 0.3) is 0 Å². The number of alkyl halides is 2. The zero-order chi connectivity index (χ0) is 19.2. The topological polar surface area (TPSA) is 40.5 Å². The van der Waals surface area contributed by atoms with Crippen LogP contribution < -0.4 is 4.90 Å². The van der Waals surface area contributed by atoms with Crippen molar-refractivity contribution in [2.45, 2.75) is 51.4 Å². The molecule has 0 unspecified atom stereocenters. The molecule has 1 aromatic carbocycles. The van der Waals surface area contributed by atoms with Crippen LogP contribution in [0.3, 0.4) is 0 Å². The van der Waals surface area contributed by atoms with Gasteiger partial charge in [-0.1, -0.05) is 13.0 Å². The molecule has 0 aliphatic heterocycles. The molecule has 2 fully saturated rings. The molecule has 2 saturated carbocycles. The van der Waals surface area contributed by atoms with Crippen molar-refractivity contribution in [2.24, 2.45) is 17.3 Å². The third-order valence-corrected chi connectivity index (χ3v) is 7.93. The van der Waals surface area contributed by atoms with E-state index in [4.69, 9.17) is 23.2 Å². The molecule has 0 aromatic heterocycles. The second-order valence-electron chi connectivity index (χ2n) is 8.70. The predicted octanol–water partition coefficient (Wildman–Crippen LogP) is 5.10. The van der Waals surface area contributed by atoms with Gasteiger partial charge in [-0.15, -0.1) is 23.2 Å². The molecule has 3 aliphatic carbocycles.